The van der Waals surface area contributed by atoms with Gasteiger partial charge < -0.3 is 24.5 Å². The lowest BCUT2D eigenvalue weighted by molar-refractivity contribution is 0.0326. The fourth-order valence-corrected chi connectivity index (χ4v) is 3.43. The zero-order chi connectivity index (χ0) is 18.5. The molecule has 0 aliphatic carbocycles. The minimum absolute atomic E-state index is 0.323. The Kier molecular flexibility index (Phi) is 4.29. The summed E-state index contributed by atoms with van der Waals surface area (Å²) in [6, 6.07) is 0. The van der Waals surface area contributed by atoms with E-state index in [1.54, 1.807) is 6.92 Å². The Morgan fingerprint density at radius 3 is 2.48 bits per heavy atom. The number of phenolic OH excluding ortho intramolecular Hbond substituents is 1. The van der Waals surface area contributed by atoms with Crippen LogP contribution in [0.5, 0.6) is 11.5 Å². The molecule has 1 aliphatic heterocycles. The van der Waals surface area contributed by atoms with Crippen LogP contribution in [0.4, 0.5) is 0 Å². The van der Waals surface area contributed by atoms with E-state index in [1.165, 1.54) is 0 Å². The zero-order valence-corrected chi connectivity index (χ0v) is 15.3. The Morgan fingerprint density at radius 2 is 1.84 bits per heavy atom. The maximum atomic E-state index is 10.3. The third-order valence-corrected chi connectivity index (χ3v) is 5.29. The Bertz CT molecular complexity index is 826. The number of benzene rings is 1. The molecule has 2 atom stereocenters. The van der Waals surface area contributed by atoms with Crippen molar-refractivity contribution in [1.29, 1.82) is 0 Å². The van der Waals surface area contributed by atoms with Crippen LogP contribution in [0.2, 0.25) is 0 Å². The van der Waals surface area contributed by atoms with Crippen LogP contribution in [0, 0.1) is 27.7 Å². The van der Waals surface area contributed by atoms with E-state index in [4.69, 9.17) is 14.3 Å². The number of aryl methyl sites for hydroxylation is 1. The molecule has 2 unspecified atom stereocenters. The van der Waals surface area contributed by atoms with Gasteiger partial charge in [0.2, 0.25) is 5.89 Å². The standard InChI is InChI=1S/C19H25NO5/c1-9-10(2)17-13(11(3)16(9)23)6-7-19(5,25-17)18-20-15(12(4)24-18)14(22)8-21/h14,21-23H,6-8H2,1-5H3. The molecule has 1 aromatic carbocycles. The minimum Gasteiger partial charge on any atom is -0.507 e. The van der Waals surface area contributed by atoms with Gasteiger partial charge in [0.15, 0.2) is 5.60 Å². The number of aromatic hydroxyl groups is 1. The number of aliphatic hydroxyl groups is 2. The number of fused-ring (bicyclic) bond motifs is 1. The van der Waals surface area contributed by atoms with Crippen LogP contribution in [0.15, 0.2) is 4.42 Å². The average Bonchev–Trinajstić information content (AvgIpc) is 3.00. The molecular formula is C19H25NO5. The zero-order valence-electron chi connectivity index (χ0n) is 15.3. The van der Waals surface area contributed by atoms with Crippen molar-refractivity contribution in [3.05, 3.63) is 39.6 Å². The summed E-state index contributed by atoms with van der Waals surface area (Å²) in [4.78, 5) is 4.39. The normalized spacial score (nSPS) is 20.9. The van der Waals surface area contributed by atoms with Gasteiger partial charge in [-0.25, -0.2) is 4.98 Å². The first-order chi connectivity index (χ1) is 11.7. The van der Waals surface area contributed by atoms with Gasteiger partial charge in [-0.1, -0.05) is 0 Å². The predicted octanol–water partition coefficient (Wildman–Crippen LogP) is 2.88. The molecule has 1 aromatic heterocycles. The van der Waals surface area contributed by atoms with Gasteiger partial charge in [-0.05, 0) is 57.7 Å². The molecule has 0 saturated carbocycles. The summed E-state index contributed by atoms with van der Waals surface area (Å²) in [5.41, 5.74) is 3.13. The van der Waals surface area contributed by atoms with Crippen LogP contribution in [0.3, 0.4) is 0 Å². The van der Waals surface area contributed by atoms with Gasteiger partial charge in [-0.3, -0.25) is 0 Å². The van der Waals surface area contributed by atoms with E-state index >= 15 is 0 Å². The number of aromatic nitrogens is 1. The number of ether oxygens (including phenoxy) is 1. The molecule has 0 saturated heterocycles. The maximum Gasteiger partial charge on any atom is 0.239 e. The molecule has 6 heteroatoms. The monoisotopic (exact) mass is 347 g/mol. The molecule has 0 spiro atoms. The molecule has 2 aromatic rings. The minimum atomic E-state index is -1.07. The average molecular weight is 347 g/mol. The Labute approximate surface area is 147 Å². The summed E-state index contributed by atoms with van der Waals surface area (Å²) in [7, 11) is 0. The van der Waals surface area contributed by atoms with Crippen molar-refractivity contribution in [2.45, 2.75) is 59.2 Å². The summed E-state index contributed by atoms with van der Waals surface area (Å²) in [5, 5.41) is 29.3. The molecule has 25 heavy (non-hydrogen) atoms. The van der Waals surface area contributed by atoms with Gasteiger partial charge in [-0.15, -0.1) is 0 Å². The summed E-state index contributed by atoms with van der Waals surface area (Å²) in [6.07, 6.45) is 0.295. The van der Waals surface area contributed by atoms with Gasteiger partial charge in [0.1, 0.15) is 29.1 Å². The third-order valence-electron chi connectivity index (χ3n) is 5.29. The van der Waals surface area contributed by atoms with E-state index in [0.717, 1.165) is 34.4 Å². The lowest BCUT2D eigenvalue weighted by Gasteiger charge is -2.35. The number of hydrogen-bond acceptors (Lipinski definition) is 6. The summed E-state index contributed by atoms with van der Waals surface area (Å²) in [5.74, 6) is 1.95. The first-order valence-electron chi connectivity index (χ1n) is 8.47. The van der Waals surface area contributed by atoms with E-state index in [-0.39, 0.29) is 0 Å². The largest absolute Gasteiger partial charge is 0.507 e. The van der Waals surface area contributed by atoms with Gasteiger partial charge in [-0.2, -0.15) is 0 Å². The van der Waals surface area contributed by atoms with Crippen LogP contribution < -0.4 is 4.74 Å². The molecule has 136 valence electrons. The van der Waals surface area contributed by atoms with E-state index in [0.29, 0.717) is 29.5 Å². The maximum absolute atomic E-state index is 10.3. The lowest BCUT2D eigenvalue weighted by atomic mass is 9.87. The Hall–Kier alpha value is -2.05. The Balaban J connectivity index is 2.05. The van der Waals surface area contributed by atoms with Crippen molar-refractivity contribution < 1.29 is 24.5 Å². The topological polar surface area (TPSA) is 96.0 Å². The van der Waals surface area contributed by atoms with E-state index in [2.05, 4.69) is 4.98 Å². The molecule has 2 heterocycles. The highest BCUT2D eigenvalue weighted by Gasteiger charge is 2.40. The third kappa shape index (κ3) is 2.69. The molecule has 1 aliphatic rings. The first-order valence-corrected chi connectivity index (χ1v) is 8.47. The van der Waals surface area contributed by atoms with Crippen molar-refractivity contribution >= 4 is 0 Å². The Morgan fingerprint density at radius 1 is 1.16 bits per heavy atom. The van der Waals surface area contributed by atoms with Gasteiger partial charge in [0.25, 0.3) is 0 Å². The molecule has 0 fully saturated rings. The van der Waals surface area contributed by atoms with Crippen LogP contribution in [0.1, 0.15) is 59.0 Å². The molecule has 3 N–H and O–H groups in total. The van der Waals surface area contributed by atoms with Crippen molar-refractivity contribution in [2.75, 3.05) is 6.61 Å². The smallest absolute Gasteiger partial charge is 0.239 e. The molecule has 0 amide bonds. The highest BCUT2D eigenvalue weighted by molar-refractivity contribution is 5.58. The number of oxazole rings is 1. The number of hydrogen-bond donors (Lipinski definition) is 3. The second-order valence-electron chi connectivity index (χ2n) is 7.02. The van der Waals surface area contributed by atoms with Gasteiger partial charge in [0.05, 0.1) is 6.61 Å². The van der Waals surface area contributed by atoms with Crippen molar-refractivity contribution in [3.63, 3.8) is 0 Å². The van der Waals surface area contributed by atoms with Crippen molar-refractivity contribution in [2.24, 2.45) is 0 Å². The van der Waals surface area contributed by atoms with Crippen LogP contribution in [0.25, 0.3) is 0 Å². The van der Waals surface area contributed by atoms with Crippen molar-refractivity contribution in [1.82, 2.24) is 4.98 Å². The van der Waals surface area contributed by atoms with E-state index in [9.17, 15) is 10.2 Å². The van der Waals surface area contributed by atoms with E-state index in [1.807, 2.05) is 27.7 Å². The lowest BCUT2D eigenvalue weighted by Crippen LogP contribution is -2.35. The second kappa shape index (κ2) is 6.04. The fourth-order valence-electron chi connectivity index (χ4n) is 3.43. The highest BCUT2D eigenvalue weighted by Crippen LogP contribution is 2.46. The van der Waals surface area contributed by atoms with Crippen LogP contribution in [-0.4, -0.2) is 26.9 Å². The van der Waals surface area contributed by atoms with Gasteiger partial charge >= 0.3 is 0 Å². The fraction of sp³-hybridized carbons (Fsp3) is 0.526. The van der Waals surface area contributed by atoms with Crippen LogP contribution in [-0.2, 0) is 12.0 Å². The van der Waals surface area contributed by atoms with Gasteiger partial charge in [0, 0.05) is 12.0 Å². The predicted molar refractivity (Wildman–Crippen MR) is 91.9 cm³/mol. The summed E-state index contributed by atoms with van der Waals surface area (Å²) in [6.45, 7) is 8.91. The molecular weight excluding hydrogens is 322 g/mol. The molecule has 0 radical (unpaired) electrons. The number of phenols is 1. The number of rotatable bonds is 3. The summed E-state index contributed by atoms with van der Waals surface area (Å²) < 4.78 is 12.1. The SMILES string of the molecule is Cc1oc(C2(C)CCc3c(C)c(O)c(C)c(C)c3O2)nc1C(O)CO. The molecule has 6 nitrogen and oxygen atoms in total. The number of nitrogens with zero attached hydrogens (tertiary/aromatic N) is 1. The summed E-state index contributed by atoms with van der Waals surface area (Å²) >= 11 is 0. The van der Waals surface area contributed by atoms with Crippen molar-refractivity contribution in [3.8, 4) is 11.5 Å². The molecule has 3 rings (SSSR count). The van der Waals surface area contributed by atoms with Crippen LogP contribution >= 0.6 is 0 Å². The second-order valence-corrected chi connectivity index (χ2v) is 7.02. The quantitative estimate of drug-likeness (QED) is 0.790. The number of aliphatic hydroxyl groups excluding tert-OH is 2. The molecule has 0 bridgehead atoms. The highest BCUT2D eigenvalue weighted by atomic mass is 16.5. The first kappa shape index (κ1) is 17.8. The van der Waals surface area contributed by atoms with E-state index < -0.39 is 18.3 Å².